The van der Waals surface area contributed by atoms with Gasteiger partial charge in [0.1, 0.15) is 0 Å². The highest BCUT2D eigenvalue weighted by Gasteiger charge is 2.25. The average molecular weight is 543 g/mol. The lowest BCUT2D eigenvalue weighted by atomic mass is 9.96. The molecular weight excluding hydrogens is 492 g/mol. The molecule has 7 nitrogen and oxygen atoms in total. The normalized spacial score (nSPS) is 17.1. The van der Waals surface area contributed by atoms with Crippen LogP contribution in [-0.4, -0.2) is 58.8 Å². The van der Waals surface area contributed by atoms with Crippen LogP contribution in [0, 0.1) is 0 Å². The van der Waals surface area contributed by atoms with Crippen LogP contribution in [0.25, 0.3) is 0 Å². The Hall–Kier alpha value is -2.74. The molecule has 1 atom stereocenters. The van der Waals surface area contributed by atoms with Crippen LogP contribution in [0.1, 0.15) is 94.1 Å². The number of rotatable bonds is 12. The standard InChI is InChI=1S/C15H21NO4.C15H23NO.C2H6/c1-2-16(10-4-3-5-14(17)18)11-12-6-8-13(9-7-12)15(19)20;1-15(10-6-3-7-11-16-13-15)17-12-14-8-4-2-5-9-14;1-2/h6-9H,2-5,10-11H2,1H3,(H,17,18)(H,19,20);2,4-5,8-9,16H,3,6-7,10-13H2,1H3;1-2H3. The average Bonchev–Trinajstić information content (AvgIpc) is 2.94. The first-order valence-corrected chi connectivity index (χ1v) is 14.5. The highest BCUT2D eigenvalue weighted by Crippen LogP contribution is 2.22. The molecule has 1 saturated heterocycles. The van der Waals surface area contributed by atoms with Gasteiger partial charge in [-0.3, -0.25) is 9.69 Å². The molecule has 1 fully saturated rings. The smallest absolute Gasteiger partial charge is 0.335 e. The molecule has 1 unspecified atom stereocenters. The minimum atomic E-state index is -0.919. The second-order valence-corrected chi connectivity index (χ2v) is 9.93. The predicted molar refractivity (Wildman–Crippen MR) is 158 cm³/mol. The number of nitrogens with one attached hydrogen (secondary N) is 1. The number of nitrogens with zero attached hydrogens (tertiary/aromatic N) is 1. The maximum Gasteiger partial charge on any atom is 0.335 e. The Balaban J connectivity index is 0.000000370. The highest BCUT2D eigenvalue weighted by molar-refractivity contribution is 5.87. The first kappa shape index (κ1) is 34.3. The Kier molecular flexibility index (Phi) is 17.8. The topological polar surface area (TPSA) is 99.1 Å². The molecule has 3 rings (SSSR count). The Morgan fingerprint density at radius 2 is 1.64 bits per heavy atom. The fourth-order valence-corrected chi connectivity index (χ4v) is 4.29. The van der Waals surface area contributed by atoms with E-state index in [0.717, 1.165) is 57.7 Å². The summed E-state index contributed by atoms with van der Waals surface area (Å²) < 4.78 is 6.13. The largest absolute Gasteiger partial charge is 0.481 e. The minimum absolute atomic E-state index is 0.00371. The SMILES string of the molecule is CC.CC1(OCc2ccccc2)CCCCCNC1.CCN(CCCCC(=O)O)Cc1ccc(C(=O)O)cc1. The van der Waals surface area contributed by atoms with E-state index in [4.69, 9.17) is 14.9 Å². The lowest BCUT2D eigenvalue weighted by molar-refractivity contribution is -0.137. The molecule has 1 aliphatic rings. The molecule has 1 aliphatic heterocycles. The van der Waals surface area contributed by atoms with E-state index in [2.05, 4.69) is 48.3 Å². The summed E-state index contributed by atoms with van der Waals surface area (Å²) in [6.07, 6.45) is 6.81. The molecule has 0 bridgehead atoms. The number of unbranched alkanes of at least 4 members (excludes halogenated alkanes) is 1. The molecule has 0 radical (unpaired) electrons. The van der Waals surface area contributed by atoms with Crippen molar-refractivity contribution in [3.05, 3.63) is 71.3 Å². The number of carboxylic acids is 2. The third-order valence-electron chi connectivity index (χ3n) is 6.66. The lowest BCUT2D eigenvalue weighted by Gasteiger charge is -2.32. The second-order valence-electron chi connectivity index (χ2n) is 9.93. The van der Waals surface area contributed by atoms with Gasteiger partial charge in [0.05, 0.1) is 17.8 Å². The Morgan fingerprint density at radius 3 is 2.26 bits per heavy atom. The van der Waals surface area contributed by atoms with Crippen LogP contribution >= 0.6 is 0 Å². The predicted octanol–water partition coefficient (Wildman–Crippen LogP) is 6.61. The van der Waals surface area contributed by atoms with E-state index in [1.165, 1.54) is 24.8 Å². The van der Waals surface area contributed by atoms with Crippen molar-refractivity contribution in [2.45, 2.75) is 91.4 Å². The number of hydrogen-bond acceptors (Lipinski definition) is 5. The van der Waals surface area contributed by atoms with Crippen LogP contribution in [0.4, 0.5) is 0 Å². The summed E-state index contributed by atoms with van der Waals surface area (Å²) in [5.74, 6) is -1.67. The summed E-state index contributed by atoms with van der Waals surface area (Å²) in [4.78, 5) is 23.4. The van der Waals surface area contributed by atoms with Crippen LogP contribution in [0.3, 0.4) is 0 Å². The van der Waals surface area contributed by atoms with Gasteiger partial charge in [0.2, 0.25) is 0 Å². The monoisotopic (exact) mass is 542 g/mol. The van der Waals surface area contributed by atoms with E-state index >= 15 is 0 Å². The molecule has 1 heterocycles. The van der Waals surface area contributed by atoms with E-state index in [-0.39, 0.29) is 12.0 Å². The van der Waals surface area contributed by atoms with Crippen molar-refractivity contribution in [1.29, 1.82) is 0 Å². The molecule has 0 spiro atoms. The molecular formula is C32H50N2O5. The van der Waals surface area contributed by atoms with E-state index in [1.54, 1.807) is 12.1 Å². The van der Waals surface area contributed by atoms with Crippen LogP contribution < -0.4 is 5.32 Å². The first-order valence-electron chi connectivity index (χ1n) is 14.5. The molecule has 0 aliphatic carbocycles. The quantitative estimate of drug-likeness (QED) is 0.259. The number of ether oxygens (including phenoxy) is 1. The molecule has 2 aromatic carbocycles. The summed E-state index contributed by atoms with van der Waals surface area (Å²) in [5.41, 5.74) is 2.61. The highest BCUT2D eigenvalue weighted by atomic mass is 16.5. The molecule has 2 aromatic rings. The van der Waals surface area contributed by atoms with Crippen LogP contribution in [0.5, 0.6) is 0 Å². The number of carbonyl (C=O) groups is 2. The van der Waals surface area contributed by atoms with Crippen LogP contribution in [0.2, 0.25) is 0 Å². The van der Waals surface area contributed by atoms with Crippen molar-refractivity contribution >= 4 is 11.9 Å². The van der Waals surface area contributed by atoms with Crippen molar-refractivity contribution in [3.8, 4) is 0 Å². The van der Waals surface area contributed by atoms with Gasteiger partial charge in [-0.25, -0.2) is 4.79 Å². The van der Waals surface area contributed by atoms with Gasteiger partial charge in [-0.1, -0.05) is 76.1 Å². The molecule has 0 amide bonds. The Bertz CT molecular complexity index is 910. The van der Waals surface area contributed by atoms with Crippen LogP contribution in [0.15, 0.2) is 54.6 Å². The van der Waals surface area contributed by atoms with Gasteiger partial charge in [0, 0.05) is 19.5 Å². The fraction of sp³-hybridized carbons (Fsp3) is 0.562. The van der Waals surface area contributed by atoms with E-state index in [1.807, 2.05) is 32.0 Å². The zero-order valence-electron chi connectivity index (χ0n) is 24.5. The van der Waals surface area contributed by atoms with Crippen molar-refractivity contribution in [2.75, 3.05) is 26.2 Å². The van der Waals surface area contributed by atoms with Gasteiger partial charge in [0.25, 0.3) is 0 Å². The maximum absolute atomic E-state index is 10.8. The van der Waals surface area contributed by atoms with Gasteiger partial charge in [0.15, 0.2) is 0 Å². The second kappa shape index (κ2) is 20.2. The van der Waals surface area contributed by atoms with E-state index < -0.39 is 11.9 Å². The minimum Gasteiger partial charge on any atom is -0.481 e. The number of aliphatic carboxylic acids is 1. The molecule has 218 valence electrons. The Labute approximate surface area is 235 Å². The zero-order chi connectivity index (χ0) is 28.9. The van der Waals surface area contributed by atoms with Crippen LogP contribution in [-0.2, 0) is 22.7 Å². The molecule has 0 aromatic heterocycles. The lowest BCUT2D eigenvalue weighted by Crippen LogP contribution is -2.41. The zero-order valence-corrected chi connectivity index (χ0v) is 24.5. The fourth-order valence-electron chi connectivity index (χ4n) is 4.29. The maximum atomic E-state index is 10.8. The van der Waals surface area contributed by atoms with E-state index in [9.17, 15) is 9.59 Å². The van der Waals surface area contributed by atoms with Gasteiger partial charge in [-0.05, 0) is 75.5 Å². The van der Waals surface area contributed by atoms with Gasteiger partial charge < -0.3 is 20.3 Å². The molecule has 3 N–H and O–H groups in total. The van der Waals surface area contributed by atoms with E-state index in [0.29, 0.717) is 12.0 Å². The molecule has 0 saturated carbocycles. The molecule has 39 heavy (non-hydrogen) atoms. The van der Waals surface area contributed by atoms with Crippen molar-refractivity contribution < 1.29 is 24.5 Å². The van der Waals surface area contributed by atoms with Gasteiger partial charge in [-0.2, -0.15) is 0 Å². The summed E-state index contributed by atoms with van der Waals surface area (Å²) in [6.45, 7) is 13.6. The van der Waals surface area contributed by atoms with Crippen molar-refractivity contribution in [1.82, 2.24) is 10.2 Å². The van der Waals surface area contributed by atoms with Crippen molar-refractivity contribution in [2.24, 2.45) is 0 Å². The van der Waals surface area contributed by atoms with Gasteiger partial charge >= 0.3 is 11.9 Å². The number of aromatic carboxylic acids is 1. The van der Waals surface area contributed by atoms with Gasteiger partial charge in [-0.15, -0.1) is 0 Å². The summed E-state index contributed by atoms with van der Waals surface area (Å²) in [6, 6.07) is 17.3. The van der Waals surface area contributed by atoms with Crippen molar-refractivity contribution in [3.63, 3.8) is 0 Å². The molecule has 7 heteroatoms. The summed E-state index contributed by atoms with van der Waals surface area (Å²) >= 11 is 0. The third-order valence-corrected chi connectivity index (χ3v) is 6.66. The number of carboxylic acid groups (broad SMARTS) is 2. The Morgan fingerprint density at radius 1 is 0.949 bits per heavy atom. The first-order chi connectivity index (χ1) is 18.8. The number of benzene rings is 2. The summed E-state index contributed by atoms with van der Waals surface area (Å²) in [7, 11) is 0. The number of hydrogen-bond donors (Lipinski definition) is 3. The summed E-state index contributed by atoms with van der Waals surface area (Å²) in [5, 5.41) is 20.9. The third kappa shape index (κ3) is 15.4.